The van der Waals surface area contributed by atoms with Gasteiger partial charge < -0.3 is 15.8 Å². The first-order valence-corrected chi connectivity index (χ1v) is 9.15. The Morgan fingerprint density at radius 3 is 2.58 bits per heavy atom. The van der Waals surface area contributed by atoms with Crippen molar-refractivity contribution in [2.24, 2.45) is 23.5 Å². The Labute approximate surface area is 144 Å². The van der Waals surface area contributed by atoms with Crippen molar-refractivity contribution in [3.8, 4) is 0 Å². The molecule has 2 bridgehead atoms. The van der Waals surface area contributed by atoms with Crippen molar-refractivity contribution < 1.29 is 19.1 Å². The van der Waals surface area contributed by atoms with E-state index in [1.807, 2.05) is 0 Å². The molecule has 2 amide bonds. The maximum atomic E-state index is 12.7. The Kier molecular flexibility index (Phi) is 4.62. The van der Waals surface area contributed by atoms with Crippen LogP contribution in [0.15, 0.2) is 0 Å². The van der Waals surface area contributed by atoms with Crippen LogP contribution in [0.4, 0.5) is 5.00 Å². The number of primary amides is 1. The van der Waals surface area contributed by atoms with Crippen LogP contribution in [0, 0.1) is 24.7 Å². The van der Waals surface area contributed by atoms with Crippen LogP contribution in [-0.2, 0) is 9.53 Å². The van der Waals surface area contributed by atoms with Crippen LogP contribution in [0.3, 0.4) is 0 Å². The van der Waals surface area contributed by atoms with Crippen molar-refractivity contribution in [2.45, 2.75) is 39.5 Å². The Hall–Kier alpha value is -1.89. The molecule has 0 saturated heterocycles. The van der Waals surface area contributed by atoms with E-state index < -0.39 is 11.9 Å². The van der Waals surface area contributed by atoms with Gasteiger partial charge in [-0.15, -0.1) is 11.3 Å². The summed E-state index contributed by atoms with van der Waals surface area (Å²) in [6.45, 7) is 3.58. The van der Waals surface area contributed by atoms with E-state index in [4.69, 9.17) is 10.5 Å². The van der Waals surface area contributed by atoms with Gasteiger partial charge in [-0.1, -0.05) is 6.42 Å². The quantitative estimate of drug-likeness (QED) is 0.798. The third kappa shape index (κ3) is 2.92. The molecule has 2 fully saturated rings. The molecule has 1 aromatic heterocycles. The largest absolute Gasteiger partial charge is 0.462 e. The number of amides is 2. The lowest BCUT2D eigenvalue weighted by Gasteiger charge is -2.20. The van der Waals surface area contributed by atoms with Crippen molar-refractivity contribution in [3.05, 3.63) is 16.0 Å². The first-order chi connectivity index (χ1) is 11.4. The van der Waals surface area contributed by atoms with E-state index in [2.05, 4.69) is 5.32 Å². The predicted molar refractivity (Wildman–Crippen MR) is 91.1 cm³/mol. The molecule has 0 aromatic carbocycles. The second-order valence-electron chi connectivity index (χ2n) is 6.62. The summed E-state index contributed by atoms with van der Waals surface area (Å²) in [5.74, 6) is -0.118. The molecule has 1 aromatic rings. The molecule has 0 radical (unpaired) electrons. The summed E-state index contributed by atoms with van der Waals surface area (Å²) < 4.78 is 5.06. The van der Waals surface area contributed by atoms with E-state index in [1.165, 1.54) is 6.42 Å². The molecule has 3 N–H and O–H groups in total. The highest BCUT2D eigenvalue weighted by Crippen LogP contribution is 2.49. The first kappa shape index (κ1) is 17.0. The first-order valence-electron chi connectivity index (χ1n) is 8.33. The molecule has 3 rings (SSSR count). The lowest BCUT2D eigenvalue weighted by atomic mass is 9.88. The van der Waals surface area contributed by atoms with Gasteiger partial charge in [0, 0.05) is 5.92 Å². The highest BCUT2D eigenvalue weighted by Gasteiger charge is 2.43. The Morgan fingerprint density at radius 1 is 1.29 bits per heavy atom. The summed E-state index contributed by atoms with van der Waals surface area (Å²) in [5.41, 5.74) is 6.09. The minimum absolute atomic E-state index is 0.00164. The number of nitrogens with one attached hydrogen (secondary N) is 1. The van der Waals surface area contributed by atoms with Crippen molar-refractivity contribution in [2.75, 3.05) is 11.9 Å². The van der Waals surface area contributed by atoms with Crippen LogP contribution in [0.5, 0.6) is 0 Å². The number of fused-ring (bicyclic) bond motifs is 2. The number of rotatable bonds is 5. The minimum Gasteiger partial charge on any atom is -0.462 e. The highest BCUT2D eigenvalue weighted by molar-refractivity contribution is 7.18. The van der Waals surface area contributed by atoms with Crippen LogP contribution in [0.1, 0.15) is 58.2 Å². The number of carbonyl (C=O) groups is 3. The van der Waals surface area contributed by atoms with Gasteiger partial charge in [0.05, 0.1) is 17.0 Å². The average molecular weight is 350 g/mol. The van der Waals surface area contributed by atoms with Gasteiger partial charge in [-0.05, 0) is 50.5 Å². The van der Waals surface area contributed by atoms with E-state index in [0.29, 0.717) is 22.4 Å². The second-order valence-corrected chi connectivity index (χ2v) is 7.64. The van der Waals surface area contributed by atoms with Crippen molar-refractivity contribution in [3.63, 3.8) is 0 Å². The van der Waals surface area contributed by atoms with Crippen LogP contribution in [0.2, 0.25) is 0 Å². The van der Waals surface area contributed by atoms with Crippen molar-refractivity contribution in [1.29, 1.82) is 0 Å². The Balaban J connectivity index is 1.86. The molecule has 0 unspecified atom stereocenters. The molecule has 0 spiro atoms. The van der Waals surface area contributed by atoms with Crippen molar-refractivity contribution >= 4 is 34.1 Å². The fourth-order valence-electron chi connectivity index (χ4n) is 4.06. The van der Waals surface area contributed by atoms with E-state index >= 15 is 0 Å². The smallest absolute Gasteiger partial charge is 0.341 e. The van der Waals surface area contributed by atoms with Crippen LogP contribution < -0.4 is 11.1 Å². The van der Waals surface area contributed by atoms with Crippen molar-refractivity contribution in [1.82, 2.24) is 0 Å². The van der Waals surface area contributed by atoms with Gasteiger partial charge in [0.1, 0.15) is 5.00 Å². The Bertz CT molecular complexity index is 697. The number of nitrogens with two attached hydrogens (primary N) is 1. The lowest BCUT2D eigenvalue weighted by Crippen LogP contribution is -2.27. The molecule has 130 valence electrons. The molecule has 24 heavy (non-hydrogen) atoms. The number of anilines is 1. The fourth-order valence-corrected chi connectivity index (χ4v) is 5.11. The van der Waals surface area contributed by atoms with Gasteiger partial charge in [0.2, 0.25) is 5.91 Å². The molecule has 6 nitrogen and oxygen atoms in total. The monoisotopic (exact) mass is 350 g/mol. The van der Waals surface area contributed by atoms with Crippen LogP contribution >= 0.6 is 11.3 Å². The van der Waals surface area contributed by atoms with Gasteiger partial charge in [-0.25, -0.2) is 4.79 Å². The highest BCUT2D eigenvalue weighted by atomic mass is 32.1. The fraction of sp³-hybridized carbons (Fsp3) is 0.588. The maximum Gasteiger partial charge on any atom is 0.341 e. The maximum absolute atomic E-state index is 12.7. The zero-order valence-corrected chi connectivity index (χ0v) is 14.7. The summed E-state index contributed by atoms with van der Waals surface area (Å²) in [7, 11) is 0. The molecule has 2 aliphatic rings. The summed E-state index contributed by atoms with van der Waals surface area (Å²) >= 11 is 1.05. The third-order valence-electron chi connectivity index (χ3n) is 5.16. The average Bonchev–Trinajstić information content (AvgIpc) is 3.21. The van der Waals surface area contributed by atoms with E-state index in [9.17, 15) is 14.4 Å². The predicted octanol–water partition coefficient (Wildman–Crippen LogP) is 2.71. The number of carbonyl (C=O) groups excluding carboxylic acids is 3. The zero-order chi connectivity index (χ0) is 17.4. The number of hydrogen-bond donors (Lipinski definition) is 2. The number of esters is 1. The minimum atomic E-state index is -0.608. The molecule has 1 heterocycles. The summed E-state index contributed by atoms with van der Waals surface area (Å²) in [6.07, 6.45) is 4.35. The molecule has 0 aliphatic heterocycles. The summed E-state index contributed by atoms with van der Waals surface area (Å²) in [5, 5.41) is 3.23. The molecular formula is C17H22N2O4S. The summed E-state index contributed by atoms with van der Waals surface area (Å²) in [6, 6.07) is 0. The van der Waals surface area contributed by atoms with Gasteiger partial charge in [0.25, 0.3) is 5.91 Å². The second kappa shape index (κ2) is 6.55. The molecule has 3 atom stereocenters. The lowest BCUT2D eigenvalue weighted by molar-refractivity contribution is -0.121. The number of thiophene rings is 1. The van der Waals surface area contributed by atoms with E-state index in [-0.39, 0.29) is 28.9 Å². The molecular weight excluding hydrogens is 328 g/mol. The SMILES string of the molecule is CCOC(=O)c1c(NC(=O)[C@H]2C[C@H]3CC[C@H]2C3)sc(C(N)=O)c1C. The number of ether oxygens (including phenoxy) is 1. The normalized spacial score (nSPS) is 24.8. The van der Waals surface area contributed by atoms with E-state index in [0.717, 1.165) is 30.6 Å². The van der Waals surface area contributed by atoms with Crippen LogP contribution in [-0.4, -0.2) is 24.4 Å². The van der Waals surface area contributed by atoms with Gasteiger partial charge in [-0.2, -0.15) is 0 Å². The standard InChI is InChI=1S/C17H22N2O4S/c1-3-23-17(22)12-8(2)13(14(18)20)24-16(12)19-15(21)11-7-9-4-5-10(11)6-9/h9-11H,3-7H2,1-2H3,(H2,18,20)(H,19,21)/t9-,10-,11-/m0/s1. The Morgan fingerprint density at radius 2 is 2.04 bits per heavy atom. The number of hydrogen-bond acceptors (Lipinski definition) is 5. The summed E-state index contributed by atoms with van der Waals surface area (Å²) in [4.78, 5) is 36.7. The molecule has 2 aliphatic carbocycles. The zero-order valence-electron chi connectivity index (χ0n) is 13.9. The van der Waals surface area contributed by atoms with Gasteiger partial charge in [-0.3, -0.25) is 9.59 Å². The van der Waals surface area contributed by atoms with Gasteiger partial charge >= 0.3 is 5.97 Å². The van der Waals surface area contributed by atoms with Gasteiger partial charge in [0.15, 0.2) is 0 Å². The topological polar surface area (TPSA) is 98.5 Å². The third-order valence-corrected chi connectivity index (χ3v) is 6.38. The van der Waals surface area contributed by atoms with Crippen LogP contribution in [0.25, 0.3) is 0 Å². The molecule has 7 heteroatoms. The van der Waals surface area contributed by atoms with E-state index in [1.54, 1.807) is 13.8 Å². The molecule has 2 saturated carbocycles.